The average Bonchev–Trinajstić information content (AvgIpc) is 2.82. The summed E-state index contributed by atoms with van der Waals surface area (Å²) >= 11 is 0. The Labute approximate surface area is 205 Å². The van der Waals surface area contributed by atoms with Gasteiger partial charge in [-0.1, -0.05) is 37.6 Å². The molecule has 35 heavy (non-hydrogen) atoms. The number of rotatable bonds is 12. The highest BCUT2D eigenvalue weighted by molar-refractivity contribution is 7.90. The Morgan fingerprint density at radius 2 is 1.66 bits per heavy atom. The van der Waals surface area contributed by atoms with E-state index in [1.807, 2.05) is 6.92 Å². The van der Waals surface area contributed by atoms with Crippen molar-refractivity contribution in [2.24, 2.45) is 0 Å². The molecule has 0 aliphatic carbocycles. The summed E-state index contributed by atoms with van der Waals surface area (Å²) in [4.78, 5) is 27.4. The number of carbonyl (C=O) groups excluding carboxylic acids is 2. The molecule has 0 bridgehead atoms. The van der Waals surface area contributed by atoms with E-state index in [1.165, 1.54) is 68.4 Å². The van der Waals surface area contributed by atoms with Crippen molar-refractivity contribution >= 4 is 27.7 Å². The van der Waals surface area contributed by atoms with Crippen LogP contribution in [0.15, 0.2) is 48.5 Å². The van der Waals surface area contributed by atoms with E-state index in [1.54, 1.807) is 0 Å². The molecule has 0 spiro atoms. The van der Waals surface area contributed by atoms with Crippen molar-refractivity contribution in [2.45, 2.75) is 39.3 Å². The highest BCUT2D eigenvalue weighted by Gasteiger charge is 2.33. The fraction of sp³-hybridized carbons (Fsp3) is 0.417. The Kier molecular flexibility index (Phi) is 10.1. The summed E-state index contributed by atoms with van der Waals surface area (Å²) in [6, 6.07) is 9.66. The number of unbranched alkanes of at least 4 members (excludes halogenated alkanes) is 1. The van der Waals surface area contributed by atoms with Gasteiger partial charge in [0.1, 0.15) is 24.2 Å². The van der Waals surface area contributed by atoms with Gasteiger partial charge in [0.15, 0.2) is 0 Å². The molecule has 0 heterocycles. The van der Waals surface area contributed by atoms with Crippen molar-refractivity contribution in [1.82, 2.24) is 14.5 Å². The minimum Gasteiger partial charge on any atom is -0.354 e. The van der Waals surface area contributed by atoms with Crippen molar-refractivity contribution in [1.29, 1.82) is 0 Å². The molecule has 0 fully saturated rings. The molecule has 192 valence electrons. The molecule has 0 aliphatic rings. The van der Waals surface area contributed by atoms with Crippen molar-refractivity contribution < 1.29 is 26.8 Å². The number of anilines is 1. The van der Waals surface area contributed by atoms with E-state index in [2.05, 4.69) is 5.32 Å². The first-order valence-corrected chi connectivity index (χ1v) is 12.6. The average molecular weight is 511 g/mol. The minimum absolute atomic E-state index is 0.0748. The molecule has 1 N–H and O–H groups in total. The molecule has 2 aromatic rings. The first-order valence-electron chi connectivity index (χ1n) is 11.2. The lowest BCUT2D eigenvalue weighted by molar-refractivity contribution is -0.139. The second kappa shape index (κ2) is 12.6. The van der Waals surface area contributed by atoms with E-state index in [0.29, 0.717) is 16.4 Å². The lowest BCUT2D eigenvalue weighted by Crippen LogP contribution is -2.52. The van der Waals surface area contributed by atoms with Crippen LogP contribution in [0.25, 0.3) is 0 Å². The summed E-state index contributed by atoms with van der Waals surface area (Å²) in [5.41, 5.74) is 0.247. The number of para-hydroxylation sites is 1. The van der Waals surface area contributed by atoms with Gasteiger partial charge in [-0.2, -0.15) is 12.7 Å². The Bertz CT molecular complexity index is 1110. The van der Waals surface area contributed by atoms with Gasteiger partial charge in [0.2, 0.25) is 11.8 Å². The summed E-state index contributed by atoms with van der Waals surface area (Å²) < 4.78 is 55.5. The summed E-state index contributed by atoms with van der Waals surface area (Å²) in [7, 11) is -1.71. The van der Waals surface area contributed by atoms with Crippen LogP contribution in [-0.2, 0) is 26.3 Å². The Hall–Kier alpha value is -3.05. The summed E-state index contributed by atoms with van der Waals surface area (Å²) in [5, 5.41) is 2.76. The van der Waals surface area contributed by atoms with Crippen molar-refractivity contribution in [3.05, 3.63) is 65.7 Å². The highest BCUT2D eigenvalue weighted by atomic mass is 32.2. The van der Waals surface area contributed by atoms with Gasteiger partial charge in [-0.05, 0) is 43.2 Å². The molecule has 11 heteroatoms. The van der Waals surface area contributed by atoms with Crippen LogP contribution in [-0.4, -0.2) is 62.7 Å². The van der Waals surface area contributed by atoms with Gasteiger partial charge in [0, 0.05) is 27.2 Å². The standard InChI is InChI=1S/C24H32F2N4O4S/c1-5-6-15-27-24(32)18(2)29(16-19-11-13-20(25)14-12-19)23(31)17-30(35(33,34)28(3)4)22-10-8-7-9-21(22)26/h7-14,18H,5-6,15-17H2,1-4H3,(H,27,32)/t18-/m0/s1. The van der Waals surface area contributed by atoms with Crippen LogP contribution in [0.5, 0.6) is 0 Å². The van der Waals surface area contributed by atoms with Gasteiger partial charge in [-0.25, -0.2) is 13.1 Å². The second-order valence-electron chi connectivity index (χ2n) is 8.22. The fourth-order valence-corrected chi connectivity index (χ4v) is 4.33. The molecular formula is C24H32F2N4O4S. The second-order valence-corrected chi connectivity index (χ2v) is 10.3. The molecule has 2 aromatic carbocycles. The lowest BCUT2D eigenvalue weighted by Gasteiger charge is -2.33. The van der Waals surface area contributed by atoms with E-state index in [4.69, 9.17) is 0 Å². The summed E-state index contributed by atoms with van der Waals surface area (Å²) in [6.07, 6.45) is 1.62. The molecule has 0 aliphatic heterocycles. The maximum absolute atomic E-state index is 14.6. The molecule has 0 radical (unpaired) electrons. The molecule has 2 rings (SSSR count). The van der Waals surface area contributed by atoms with E-state index in [-0.39, 0.29) is 12.2 Å². The number of hydrogen-bond donors (Lipinski definition) is 1. The third-order valence-electron chi connectivity index (χ3n) is 5.40. The number of hydrogen-bond acceptors (Lipinski definition) is 4. The zero-order chi connectivity index (χ0) is 26.2. The maximum Gasteiger partial charge on any atom is 0.304 e. The van der Waals surface area contributed by atoms with Crippen LogP contribution in [0.2, 0.25) is 0 Å². The summed E-state index contributed by atoms with van der Waals surface area (Å²) in [5.74, 6) is -2.41. The van der Waals surface area contributed by atoms with E-state index in [0.717, 1.165) is 23.2 Å². The van der Waals surface area contributed by atoms with Gasteiger partial charge < -0.3 is 10.2 Å². The highest BCUT2D eigenvalue weighted by Crippen LogP contribution is 2.24. The zero-order valence-electron chi connectivity index (χ0n) is 20.4. The number of carbonyl (C=O) groups is 2. The number of benzene rings is 2. The van der Waals surface area contributed by atoms with Crippen LogP contribution in [0, 0.1) is 11.6 Å². The van der Waals surface area contributed by atoms with E-state index < -0.39 is 46.2 Å². The smallest absolute Gasteiger partial charge is 0.304 e. The molecule has 0 saturated heterocycles. The van der Waals surface area contributed by atoms with E-state index >= 15 is 0 Å². The Balaban J connectivity index is 2.42. The SMILES string of the molecule is CCCCNC(=O)[C@H](C)N(Cc1ccc(F)cc1)C(=O)CN(c1ccccc1F)S(=O)(=O)N(C)C. The molecule has 0 unspecified atom stereocenters. The monoisotopic (exact) mass is 510 g/mol. The molecular weight excluding hydrogens is 478 g/mol. The topological polar surface area (TPSA) is 90.0 Å². The minimum atomic E-state index is -4.26. The number of nitrogens with zero attached hydrogens (tertiary/aromatic N) is 3. The van der Waals surface area contributed by atoms with Gasteiger partial charge in [0.05, 0.1) is 5.69 Å². The number of halogens is 2. The first kappa shape index (κ1) is 28.2. The van der Waals surface area contributed by atoms with Crippen molar-refractivity contribution in [3.8, 4) is 0 Å². The van der Waals surface area contributed by atoms with Gasteiger partial charge in [0.25, 0.3) is 0 Å². The molecule has 0 aromatic heterocycles. The fourth-order valence-electron chi connectivity index (χ4n) is 3.26. The third kappa shape index (κ3) is 7.46. The predicted molar refractivity (Wildman–Crippen MR) is 131 cm³/mol. The molecule has 2 amide bonds. The number of amides is 2. The van der Waals surface area contributed by atoms with E-state index in [9.17, 15) is 26.8 Å². The molecule has 8 nitrogen and oxygen atoms in total. The quantitative estimate of drug-likeness (QED) is 0.445. The maximum atomic E-state index is 14.6. The third-order valence-corrected chi connectivity index (χ3v) is 7.21. The predicted octanol–water partition coefficient (Wildman–Crippen LogP) is 2.91. The summed E-state index contributed by atoms with van der Waals surface area (Å²) in [6.45, 7) is 3.11. The molecule has 0 saturated carbocycles. The Morgan fingerprint density at radius 3 is 2.23 bits per heavy atom. The van der Waals surface area contributed by atoms with Gasteiger partial charge >= 0.3 is 10.2 Å². The van der Waals surface area contributed by atoms with Crippen LogP contribution < -0.4 is 9.62 Å². The van der Waals surface area contributed by atoms with Crippen LogP contribution in [0.1, 0.15) is 32.3 Å². The number of nitrogens with one attached hydrogen (secondary N) is 1. The first-order chi connectivity index (χ1) is 16.5. The van der Waals surface area contributed by atoms with Crippen LogP contribution in [0.4, 0.5) is 14.5 Å². The largest absolute Gasteiger partial charge is 0.354 e. The zero-order valence-corrected chi connectivity index (χ0v) is 21.2. The van der Waals surface area contributed by atoms with Gasteiger partial charge in [-0.15, -0.1) is 0 Å². The van der Waals surface area contributed by atoms with Crippen molar-refractivity contribution in [2.75, 3.05) is 31.5 Å². The van der Waals surface area contributed by atoms with Crippen molar-refractivity contribution in [3.63, 3.8) is 0 Å². The van der Waals surface area contributed by atoms with Crippen LogP contribution >= 0.6 is 0 Å². The van der Waals surface area contributed by atoms with Gasteiger partial charge in [-0.3, -0.25) is 9.59 Å². The van der Waals surface area contributed by atoms with Crippen LogP contribution in [0.3, 0.4) is 0 Å². The Morgan fingerprint density at radius 1 is 1.03 bits per heavy atom. The lowest BCUT2D eigenvalue weighted by atomic mass is 10.1. The molecule has 1 atom stereocenters. The normalized spacial score (nSPS) is 12.3.